The van der Waals surface area contributed by atoms with Crippen LogP contribution < -0.4 is 10.6 Å². The van der Waals surface area contributed by atoms with Crippen molar-refractivity contribution < 1.29 is 0 Å². The first-order chi connectivity index (χ1) is 10.7. The summed E-state index contributed by atoms with van der Waals surface area (Å²) in [5, 5.41) is 7.65. The Morgan fingerprint density at radius 3 is 2.95 bits per heavy atom. The van der Waals surface area contributed by atoms with E-state index in [0.717, 1.165) is 42.4 Å². The molecule has 2 aromatic rings. The van der Waals surface area contributed by atoms with Crippen LogP contribution in [0.4, 0.5) is 5.82 Å². The molecule has 5 heteroatoms. The number of rotatable bonds is 4. The SMILES string of the molecule is CCc1cc(NC2CCCNC2)nc(-c2cccc(Cl)c2)n1. The van der Waals surface area contributed by atoms with Gasteiger partial charge in [0.15, 0.2) is 5.82 Å². The smallest absolute Gasteiger partial charge is 0.161 e. The first-order valence-electron chi connectivity index (χ1n) is 7.86. The molecule has 2 heterocycles. The van der Waals surface area contributed by atoms with Crippen LogP contribution in [0.2, 0.25) is 5.02 Å². The second kappa shape index (κ2) is 7.07. The Bertz CT molecular complexity index is 638. The van der Waals surface area contributed by atoms with Crippen molar-refractivity contribution in [3.8, 4) is 11.4 Å². The van der Waals surface area contributed by atoms with Crippen LogP contribution in [-0.2, 0) is 6.42 Å². The topological polar surface area (TPSA) is 49.8 Å². The van der Waals surface area contributed by atoms with Crippen molar-refractivity contribution in [2.75, 3.05) is 18.4 Å². The lowest BCUT2D eigenvalue weighted by molar-refractivity contribution is 0.479. The summed E-state index contributed by atoms with van der Waals surface area (Å²) < 4.78 is 0. The molecular formula is C17H21ClN4. The molecule has 0 saturated carbocycles. The van der Waals surface area contributed by atoms with E-state index in [9.17, 15) is 0 Å². The molecule has 3 rings (SSSR count). The molecule has 1 aliphatic heterocycles. The zero-order valence-corrected chi connectivity index (χ0v) is 13.5. The molecule has 4 nitrogen and oxygen atoms in total. The first kappa shape index (κ1) is 15.3. The average molecular weight is 317 g/mol. The van der Waals surface area contributed by atoms with Crippen LogP contribution in [0, 0.1) is 0 Å². The number of benzene rings is 1. The third-order valence-electron chi connectivity index (χ3n) is 3.87. The maximum absolute atomic E-state index is 6.08. The molecule has 0 spiro atoms. The molecule has 0 bridgehead atoms. The number of hydrogen-bond acceptors (Lipinski definition) is 4. The van der Waals surface area contributed by atoms with Gasteiger partial charge in [0.05, 0.1) is 0 Å². The Morgan fingerprint density at radius 2 is 2.23 bits per heavy atom. The summed E-state index contributed by atoms with van der Waals surface area (Å²) in [6, 6.07) is 10.2. The van der Waals surface area contributed by atoms with Crippen molar-refractivity contribution in [1.82, 2.24) is 15.3 Å². The van der Waals surface area contributed by atoms with Crippen LogP contribution >= 0.6 is 11.6 Å². The van der Waals surface area contributed by atoms with E-state index in [4.69, 9.17) is 11.6 Å². The van der Waals surface area contributed by atoms with E-state index in [0.29, 0.717) is 11.1 Å². The molecule has 2 N–H and O–H groups in total. The highest BCUT2D eigenvalue weighted by Crippen LogP contribution is 2.22. The summed E-state index contributed by atoms with van der Waals surface area (Å²) in [6.45, 7) is 4.20. The van der Waals surface area contributed by atoms with Gasteiger partial charge in [-0.3, -0.25) is 0 Å². The Balaban J connectivity index is 1.88. The van der Waals surface area contributed by atoms with Crippen LogP contribution in [0.3, 0.4) is 0 Å². The van der Waals surface area contributed by atoms with Gasteiger partial charge in [0, 0.05) is 34.9 Å². The van der Waals surface area contributed by atoms with Crippen LogP contribution in [0.15, 0.2) is 30.3 Å². The molecule has 1 aliphatic rings. The molecule has 22 heavy (non-hydrogen) atoms. The Kier molecular flexibility index (Phi) is 4.90. The van der Waals surface area contributed by atoms with Crippen molar-refractivity contribution in [2.24, 2.45) is 0 Å². The minimum absolute atomic E-state index is 0.431. The zero-order chi connectivity index (χ0) is 15.4. The van der Waals surface area contributed by atoms with Crippen LogP contribution in [0.1, 0.15) is 25.5 Å². The van der Waals surface area contributed by atoms with Gasteiger partial charge in [-0.1, -0.05) is 30.7 Å². The van der Waals surface area contributed by atoms with E-state index in [1.807, 2.05) is 30.3 Å². The van der Waals surface area contributed by atoms with Gasteiger partial charge in [-0.15, -0.1) is 0 Å². The van der Waals surface area contributed by atoms with Crippen LogP contribution in [-0.4, -0.2) is 29.1 Å². The fourth-order valence-corrected chi connectivity index (χ4v) is 2.88. The van der Waals surface area contributed by atoms with Gasteiger partial charge in [0.1, 0.15) is 5.82 Å². The average Bonchev–Trinajstić information content (AvgIpc) is 2.55. The highest BCUT2D eigenvalue weighted by molar-refractivity contribution is 6.30. The highest BCUT2D eigenvalue weighted by atomic mass is 35.5. The summed E-state index contributed by atoms with van der Waals surface area (Å²) >= 11 is 6.08. The molecule has 1 aromatic heterocycles. The van der Waals surface area contributed by atoms with E-state index < -0.39 is 0 Å². The summed E-state index contributed by atoms with van der Waals surface area (Å²) in [5.41, 5.74) is 1.99. The minimum atomic E-state index is 0.431. The first-order valence-corrected chi connectivity index (χ1v) is 8.23. The maximum Gasteiger partial charge on any atom is 0.161 e. The molecule has 0 aliphatic carbocycles. The minimum Gasteiger partial charge on any atom is -0.366 e. The number of hydrogen-bond donors (Lipinski definition) is 2. The summed E-state index contributed by atoms with van der Waals surface area (Å²) in [5.74, 6) is 1.63. The predicted octanol–water partition coefficient (Wildman–Crippen LogP) is 3.52. The van der Waals surface area contributed by atoms with E-state index in [2.05, 4.69) is 27.5 Å². The number of aromatic nitrogens is 2. The molecule has 1 saturated heterocycles. The van der Waals surface area contributed by atoms with Gasteiger partial charge >= 0.3 is 0 Å². The lowest BCUT2D eigenvalue weighted by Gasteiger charge is -2.24. The van der Waals surface area contributed by atoms with Gasteiger partial charge in [0.25, 0.3) is 0 Å². The van der Waals surface area contributed by atoms with Gasteiger partial charge in [-0.2, -0.15) is 0 Å². The molecule has 0 amide bonds. The summed E-state index contributed by atoms with van der Waals surface area (Å²) in [6.07, 6.45) is 3.25. The van der Waals surface area contributed by atoms with E-state index in [-0.39, 0.29) is 0 Å². The molecule has 116 valence electrons. The van der Waals surface area contributed by atoms with Crippen molar-refractivity contribution in [3.63, 3.8) is 0 Å². The third kappa shape index (κ3) is 3.76. The molecule has 0 radical (unpaired) electrons. The number of aryl methyl sites for hydroxylation is 1. The zero-order valence-electron chi connectivity index (χ0n) is 12.8. The fraction of sp³-hybridized carbons (Fsp3) is 0.412. The standard InChI is InChI=1S/C17H21ClN4/c1-2-14-10-16(20-15-7-4-8-19-11-15)22-17(21-14)12-5-3-6-13(18)9-12/h3,5-6,9-10,15,19H,2,4,7-8,11H2,1H3,(H,20,21,22). The van der Waals surface area contributed by atoms with Gasteiger partial charge in [0.2, 0.25) is 0 Å². The Labute approximate surface area is 136 Å². The molecule has 1 atom stereocenters. The fourth-order valence-electron chi connectivity index (χ4n) is 2.69. The largest absolute Gasteiger partial charge is 0.366 e. The predicted molar refractivity (Wildman–Crippen MR) is 91.4 cm³/mol. The van der Waals surface area contributed by atoms with Crippen molar-refractivity contribution >= 4 is 17.4 Å². The maximum atomic E-state index is 6.08. The van der Waals surface area contributed by atoms with E-state index >= 15 is 0 Å². The molecule has 1 unspecified atom stereocenters. The molecular weight excluding hydrogens is 296 g/mol. The van der Waals surface area contributed by atoms with Crippen molar-refractivity contribution in [3.05, 3.63) is 41.0 Å². The van der Waals surface area contributed by atoms with Crippen molar-refractivity contribution in [2.45, 2.75) is 32.2 Å². The Morgan fingerprint density at radius 1 is 1.32 bits per heavy atom. The van der Waals surface area contributed by atoms with Crippen LogP contribution in [0.25, 0.3) is 11.4 Å². The summed E-state index contributed by atoms with van der Waals surface area (Å²) in [7, 11) is 0. The highest BCUT2D eigenvalue weighted by Gasteiger charge is 2.14. The van der Waals surface area contributed by atoms with Gasteiger partial charge in [-0.25, -0.2) is 9.97 Å². The number of piperidine rings is 1. The number of nitrogens with one attached hydrogen (secondary N) is 2. The number of nitrogens with zero attached hydrogens (tertiary/aromatic N) is 2. The number of anilines is 1. The Hall–Kier alpha value is -1.65. The van der Waals surface area contributed by atoms with Gasteiger partial charge < -0.3 is 10.6 Å². The lowest BCUT2D eigenvalue weighted by atomic mass is 10.1. The monoisotopic (exact) mass is 316 g/mol. The van der Waals surface area contributed by atoms with E-state index in [1.165, 1.54) is 12.8 Å². The van der Waals surface area contributed by atoms with Crippen molar-refractivity contribution in [1.29, 1.82) is 0 Å². The van der Waals surface area contributed by atoms with Gasteiger partial charge in [-0.05, 0) is 37.9 Å². The van der Waals surface area contributed by atoms with E-state index in [1.54, 1.807) is 0 Å². The molecule has 1 aromatic carbocycles. The summed E-state index contributed by atoms with van der Waals surface area (Å²) in [4.78, 5) is 9.31. The second-order valence-electron chi connectivity index (χ2n) is 5.62. The quantitative estimate of drug-likeness (QED) is 0.906. The molecule has 1 fully saturated rings. The van der Waals surface area contributed by atoms with Crippen LogP contribution in [0.5, 0.6) is 0 Å². The second-order valence-corrected chi connectivity index (χ2v) is 6.06. The third-order valence-corrected chi connectivity index (χ3v) is 4.11. The normalized spacial score (nSPS) is 18.2. The lowest BCUT2D eigenvalue weighted by Crippen LogP contribution is -2.38. The number of halogens is 1.